The molecule has 86 valence electrons. The zero-order valence-corrected chi connectivity index (χ0v) is 10.4. The third-order valence-electron chi connectivity index (χ3n) is 2.47. The van der Waals surface area contributed by atoms with E-state index >= 15 is 0 Å². The van der Waals surface area contributed by atoms with Gasteiger partial charge in [0, 0.05) is 19.1 Å². The van der Waals surface area contributed by atoms with Crippen LogP contribution in [-0.2, 0) is 0 Å². The Bertz CT molecular complexity index is 113. The molecule has 0 aromatic carbocycles. The Hall–Kier alpha value is -0.0800. The van der Waals surface area contributed by atoms with Gasteiger partial charge in [-0.3, -0.25) is 0 Å². The molecule has 2 heteroatoms. The molecule has 1 atom stereocenters. The fourth-order valence-electron chi connectivity index (χ4n) is 1.72. The maximum atomic E-state index is 3.62. The molecule has 0 fully saturated rings. The van der Waals surface area contributed by atoms with Gasteiger partial charge in [0.2, 0.25) is 0 Å². The number of unbranched alkanes of at least 4 members (excludes halogenated alkanes) is 1. The van der Waals surface area contributed by atoms with Gasteiger partial charge in [-0.2, -0.15) is 0 Å². The summed E-state index contributed by atoms with van der Waals surface area (Å²) in [5.41, 5.74) is 0. The molecule has 0 heterocycles. The minimum Gasteiger partial charge on any atom is -0.318 e. The summed E-state index contributed by atoms with van der Waals surface area (Å²) in [7, 11) is 2.01. The largest absolute Gasteiger partial charge is 0.318 e. The van der Waals surface area contributed by atoms with Crippen molar-refractivity contribution >= 4 is 0 Å². The van der Waals surface area contributed by atoms with E-state index in [1.165, 1.54) is 25.7 Å². The number of nitrogens with one attached hydrogen (secondary N) is 2. The van der Waals surface area contributed by atoms with E-state index in [0.717, 1.165) is 25.0 Å². The Morgan fingerprint density at radius 3 is 2.36 bits per heavy atom. The molecule has 0 saturated carbocycles. The van der Waals surface area contributed by atoms with E-state index in [-0.39, 0.29) is 0 Å². The van der Waals surface area contributed by atoms with E-state index in [2.05, 4.69) is 31.4 Å². The Labute approximate surface area is 89.9 Å². The number of likely N-dealkylation sites (N-methyl/N-ethyl adjacent to an activating group) is 1. The van der Waals surface area contributed by atoms with E-state index in [4.69, 9.17) is 0 Å². The fourth-order valence-corrected chi connectivity index (χ4v) is 1.72. The van der Waals surface area contributed by atoms with Crippen LogP contribution in [0.5, 0.6) is 0 Å². The summed E-state index contributed by atoms with van der Waals surface area (Å²) < 4.78 is 0. The lowest BCUT2D eigenvalue weighted by atomic mass is 9.99. The van der Waals surface area contributed by atoms with Crippen LogP contribution in [0.15, 0.2) is 0 Å². The normalized spacial score (nSPS) is 13.5. The highest BCUT2D eigenvalue weighted by Gasteiger charge is 2.08. The van der Waals surface area contributed by atoms with Crippen LogP contribution in [0.25, 0.3) is 0 Å². The first-order valence-electron chi connectivity index (χ1n) is 6.08. The Balaban J connectivity index is 3.61. The molecule has 0 rings (SSSR count). The van der Waals surface area contributed by atoms with Crippen molar-refractivity contribution in [3.8, 4) is 0 Å². The fraction of sp³-hybridized carbons (Fsp3) is 1.00. The summed E-state index contributed by atoms with van der Waals surface area (Å²) in [6.07, 6.45) is 5.30. The minimum absolute atomic E-state index is 0.725. The minimum atomic E-state index is 0.725. The average Bonchev–Trinajstić information content (AvgIpc) is 2.13. The molecule has 0 aliphatic carbocycles. The van der Waals surface area contributed by atoms with Crippen molar-refractivity contribution in [1.82, 2.24) is 10.6 Å². The first-order valence-corrected chi connectivity index (χ1v) is 6.08. The van der Waals surface area contributed by atoms with Gasteiger partial charge in [-0.1, -0.05) is 33.6 Å². The van der Waals surface area contributed by atoms with Gasteiger partial charge in [0.25, 0.3) is 0 Å². The second kappa shape index (κ2) is 9.47. The monoisotopic (exact) mass is 200 g/mol. The average molecular weight is 200 g/mol. The molecule has 0 bridgehead atoms. The summed E-state index contributed by atoms with van der Waals surface area (Å²) in [5.74, 6) is 0.805. The summed E-state index contributed by atoms with van der Waals surface area (Å²) in [5, 5.41) is 6.79. The van der Waals surface area contributed by atoms with E-state index < -0.39 is 0 Å². The molecular weight excluding hydrogens is 172 g/mol. The van der Waals surface area contributed by atoms with Gasteiger partial charge in [0.15, 0.2) is 0 Å². The van der Waals surface area contributed by atoms with Gasteiger partial charge in [-0.05, 0) is 25.8 Å². The maximum Gasteiger partial charge on any atom is 0.00792 e. The van der Waals surface area contributed by atoms with Crippen LogP contribution in [0.3, 0.4) is 0 Å². The third kappa shape index (κ3) is 8.52. The van der Waals surface area contributed by atoms with Crippen molar-refractivity contribution in [2.75, 3.05) is 20.1 Å². The molecule has 2 nitrogen and oxygen atoms in total. The van der Waals surface area contributed by atoms with Crippen LogP contribution in [0.4, 0.5) is 0 Å². The standard InChI is InChI=1S/C12H28N2/c1-5-6-7-12(10-11(2)3)14-9-8-13-4/h11-14H,5-10H2,1-4H3. The van der Waals surface area contributed by atoms with Gasteiger partial charge in [-0.25, -0.2) is 0 Å². The third-order valence-corrected chi connectivity index (χ3v) is 2.47. The maximum absolute atomic E-state index is 3.62. The quantitative estimate of drug-likeness (QED) is 0.559. The van der Waals surface area contributed by atoms with Gasteiger partial charge in [-0.15, -0.1) is 0 Å². The summed E-state index contributed by atoms with van der Waals surface area (Å²) in [4.78, 5) is 0. The first kappa shape index (κ1) is 13.9. The lowest BCUT2D eigenvalue weighted by molar-refractivity contribution is 0.389. The topological polar surface area (TPSA) is 24.1 Å². The summed E-state index contributed by atoms with van der Waals surface area (Å²) in [6, 6.07) is 0.725. The van der Waals surface area contributed by atoms with E-state index in [1.807, 2.05) is 7.05 Å². The van der Waals surface area contributed by atoms with E-state index in [0.29, 0.717) is 0 Å². The van der Waals surface area contributed by atoms with Gasteiger partial charge in [0.05, 0.1) is 0 Å². The lowest BCUT2D eigenvalue weighted by Gasteiger charge is -2.20. The van der Waals surface area contributed by atoms with Crippen LogP contribution >= 0.6 is 0 Å². The van der Waals surface area contributed by atoms with Crippen LogP contribution in [0, 0.1) is 5.92 Å². The van der Waals surface area contributed by atoms with Gasteiger partial charge >= 0.3 is 0 Å². The molecular formula is C12H28N2. The highest BCUT2D eigenvalue weighted by molar-refractivity contribution is 4.68. The first-order chi connectivity index (χ1) is 6.70. The molecule has 14 heavy (non-hydrogen) atoms. The highest BCUT2D eigenvalue weighted by Crippen LogP contribution is 2.10. The Morgan fingerprint density at radius 1 is 1.14 bits per heavy atom. The molecule has 0 aromatic heterocycles. The Morgan fingerprint density at radius 2 is 1.86 bits per heavy atom. The van der Waals surface area contributed by atoms with Crippen molar-refractivity contribution < 1.29 is 0 Å². The summed E-state index contributed by atoms with van der Waals surface area (Å²) in [6.45, 7) is 9.04. The summed E-state index contributed by atoms with van der Waals surface area (Å²) >= 11 is 0. The predicted molar refractivity (Wildman–Crippen MR) is 64.7 cm³/mol. The van der Waals surface area contributed by atoms with Crippen molar-refractivity contribution in [1.29, 1.82) is 0 Å². The molecule has 0 amide bonds. The van der Waals surface area contributed by atoms with Gasteiger partial charge in [0.1, 0.15) is 0 Å². The molecule has 0 aliphatic heterocycles. The van der Waals surface area contributed by atoms with E-state index in [1.54, 1.807) is 0 Å². The second-order valence-corrected chi connectivity index (χ2v) is 4.53. The molecule has 0 aliphatic rings. The van der Waals surface area contributed by atoms with Crippen LogP contribution < -0.4 is 10.6 Å². The van der Waals surface area contributed by atoms with Crippen LogP contribution in [-0.4, -0.2) is 26.2 Å². The van der Waals surface area contributed by atoms with Crippen molar-refractivity contribution in [3.63, 3.8) is 0 Å². The number of hydrogen-bond acceptors (Lipinski definition) is 2. The van der Waals surface area contributed by atoms with Gasteiger partial charge < -0.3 is 10.6 Å². The predicted octanol–water partition coefficient (Wildman–Crippen LogP) is 2.40. The van der Waals surface area contributed by atoms with Crippen LogP contribution in [0.1, 0.15) is 46.5 Å². The number of hydrogen-bond donors (Lipinski definition) is 2. The smallest absolute Gasteiger partial charge is 0.00792 e. The second-order valence-electron chi connectivity index (χ2n) is 4.53. The number of rotatable bonds is 9. The molecule has 1 unspecified atom stereocenters. The zero-order chi connectivity index (χ0) is 10.8. The molecule has 0 aromatic rings. The van der Waals surface area contributed by atoms with Crippen molar-refractivity contribution in [3.05, 3.63) is 0 Å². The van der Waals surface area contributed by atoms with Crippen molar-refractivity contribution in [2.24, 2.45) is 5.92 Å². The SMILES string of the molecule is CCCCC(CC(C)C)NCCNC. The molecule has 0 radical (unpaired) electrons. The zero-order valence-electron chi connectivity index (χ0n) is 10.4. The van der Waals surface area contributed by atoms with Crippen molar-refractivity contribution in [2.45, 2.75) is 52.5 Å². The molecule has 2 N–H and O–H groups in total. The molecule has 0 saturated heterocycles. The van der Waals surface area contributed by atoms with Crippen LogP contribution in [0.2, 0.25) is 0 Å². The highest BCUT2D eigenvalue weighted by atomic mass is 14.9. The molecule has 0 spiro atoms. The Kier molecular flexibility index (Phi) is 9.42. The van der Waals surface area contributed by atoms with E-state index in [9.17, 15) is 0 Å². The lowest BCUT2D eigenvalue weighted by Crippen LogP contribution is -2.35.